The summed E-state index contributed by atoms with van der Waals surface area (Å²) in [5, 5.41) is 0. The quantitative estimate of drug-likeness (QED) is 0.326. The molecular weight excluding hydrogens is 74.9 g/mol. The minimum absolute atomic E-state index is 0.398. The third-order valence-electron chi connectivity index (χ3n) is 0.421. The molecule has 0 aliphatic heterocycles. The van der Waals surface area contributed by atoms with Crippen molar-refractivity contribution >= 4 is 13.5 Å². The van der Waals surface area contributed by atoms with Gasteiger partial charge in [0, 0.05) is 0 Å². The molecule has 0 heterocycles. The summed E-state index contributed by atoms with van der Waals surface area (Å²) in [6.07, 6.45) is 0. The molecule has 0 aromatic carbocycles. The van der Waals surface area contributed by atoms with Gasteiger partial charge in [-0.25, -0.2) is 0 Å². The van der Waals surface area contributed by atoms with Gasteiger partial charge < -0.3 is 4.79 Å². The van der Waals surface area contributed by atoms with Gasteiger partial charge in [-0.1, -0.05) is 6.58 Å². The van der Waals surface area contributed by atoms with Crippen molar-refractivity contribution in [2.75, 3.05) is 0 Å². The van der Waals surface area contributed by atoms with E-state index < -0.39 is 5.68 Å². The monoisotopic (exact) mass is 80.0 g/mol. The second kappa shape index (κ2) is 1.80. The van der Waals surface area contributed by atoms with E-state index in [9.17, 15) is 4.79 Å². The molecule has 0 fully saturated rings. The molecule has 0 bridgehead atoms. The first kappa shape index (κ1) is 5.47. The highest BCUT2D eigenvalue weighted by Gasteiger charge is 1.85. The Kier molecular flexibility index (Phi) is 1.64. The average molecular weight is 79.9 g/mol. The second-order valence-electron chi connectivity index (χ2n) is 1.14. The van der Waals surface area contributed by atoms with Crippen molar-refractivity contribution in [2.24, 2.45) is 0 Å². The van der Waals surface area contributed by atoms with Crippen molar-refractivity contribution in [3.63, 3.8) is 0 Å². The highest BCUT2D eigenvalue weighted by molar-refractivity contribution is 6.62. The maximum Gasteiger partial charge on any atom is 0.174 e. The van der Waals surface area contributed by atoms with Crippen LogP contribution in [0.5, 0.6) is 0 Å². The van der Waals surface area contributed by atoms with Crippen LogP contribution in [0.4, 0.5) is 0 Å². The lowest BCUT2D eigenvalue weighted by atomic mass is 9.97. The molecule has 0 unspecified atom stereocenters. The van der Waals surface area contributed by atoms with E-state index in [0.29, 0.717) is 5.57 Å². The zero-order chi connectivity index (χ0) is 5.15. The van der Waals surface area contributed by atoms with Crippen molar-refractivity contribution in [1.29, 1.82) is 0 Å². The van der Waals surface area contributed by atoms with Crippen LogP contribution in [0.25, 0.3) is 0 Å². The lowest BCUT2D eigenvalue weighted by molar-refractivity contribution is -0.108. The van der Waals surface area contributed by atoms with E-state index in [4.69, 9.17) is 7.85 Å². The van der Waals surface area contributed by atoms with Crippen LogP contribution in [-0.4, -0.2) is 13.5 Å². The van der Waals surface area contributed by atoms with Gasteiger partial charge in [-0.15, -0.1) is 0 Å². The molecule has 0 atom stereocenters. The molecule has 0 aliphatic rings. The zero-order valence-corrected chi connectivity index (χ0v) is 3.69. The van der Waals surface area contributed by atoms with Gasteiger partial charge in [-0.2, -0.15) is 0 Å². The molecule has 30 valence electrons. The number of rotatable bonds is 1. The fraction of sp³-hybridized carbons (Fsp3) is 0.250. The maximum atomic E-state index is 9.82. The predicted molar refractivity (Wildman–Crippen MR) is 25.6 cm³/mol. The number of hydrogen-bond acceptors (Lipinski definition) is 1. The highest BCUT2D eigenvalue weighted by Crippen LogP contribution is 1.80. The predicted octanol–water partition coefficient (Wildman–Crippen LogP) is 0.258. The Balaban J connectivity index is 3.57. The summed E-state index contributed by atoms with van der Waals surface area (Å²) in [7, 11) is 4.70. The molecule has 0 N–H and O–H groups in total. The molecule has 0 aliphatic carbocycles. The van der Waals surface area contributed by atoms with E-state index in [-0.39, 0.29) is 0 Å². The number of carbonyl (C=O) groups is 1. The van der Waals surface area contributed by atoms with Gasteiger partial charge in [0.25, 0.3) is 0 Å². The van der Waals surface area contributed by atoms with Crippen LogP contribution in [0.1, 0.15) is 6.92 Å². The largest absolute Gasteiger partial charge is 0.308 e. The smallest absolute Gasteiger partial charge is 0.174 e. The molecule has 0 spiro atoms. The minimum Gasteiger partial charge on any atom is -0.308 e. The Labute approximate surface area is 38.5 Å². The van der Waals surface area contributed by atoms with Crippen molar-refractivity contribution in [3.05, 3.63) is 12.2 Å². The van der Waals surface area contributed by atoms with E-state index in [1.54, 1.807) is 6.92 Å². The second-order valence-corrected chi connectivity index (χ2v) is 1.14. The lowest BCUT2D eigenvalue weighted by Gasteiger charge is -1.81. The third kappa shape index (κ3) is 1.76. The molecular formula is C4H5BO. The molecule has 1 nitrogen and oxygen atoms in total. The van der Waals surface area contributed by atoms with Crippen molar-refractivity contribution in [3.8, 4) is 0 Å². The first-order valence-electron chi connectivity index (χ1n) is 1.60. The average Bonchev–Trinajstić information content (AvgIpc) is 1.36. The van der Waals surface area contributed by atoms with Gasteiger partial charge in [0.1, 0.15) is 0 Å². The van der Waals surface area contributed by atoms with E-state index in [1.165, 1.54) is 0 Å². The topological polar surface area (TPSA) is 17.1 Å². The fourth-order valence-electron chi connectivity index (χ4n) is 0. The Morgan fingerprint density at radius 3 is 2.00 bits per heavy atom. The lowest BCUT2D eigenvalue weighted by Crippen LogP contribution is -1.93. The number of hydrogen-bond donors (Lipinski definition) is 0. The van der Waals surface area contributed by atoms with Crippen molar-refractivity contribution < 1.29 is 4.79 Å². The Bertz CT molecular complexity index is 73.5. The van der Waals surface area contributed by atoms with Gasteiger partial charge in [-0.3, -0.25) is 0 Å². The molecule has 2 radical (unpaired) electrons. The fourth-order valence-corrected chi connectivity index (χ4v) is 0. The molecule has 0 saturated heterocycles. The van der Waals surface area contributed by atoms with Crippen LogP contribution in [0.3, 0.4) is 0 Å². The molecule has 2 heteroatoms. The van der Waals surface area contributed by atoms with Gasteiger partial charge >= 0.3 is 0 Å². The Hall–Kier alpha value is -0.525. The van der Waals surface area contributed by atoms with Crippen LogP contribution in [0, 0.1) is 0 Å². The SMILES string of the molecule is [B]C(=O)C(=C)C. The van der Waals surface area contributed by atoms with Crippen molar-refractivity contribution in [2.45, 2.75) is 6.92 Å². The summed E-state index contributed by atoms with van der Waals surface area (Å²) in [4.78, 5) is 9.82. The summed E-state index contributed by atoms with van der Waals surface area (Å²) < 4.78 is 0. The van der Waals surface area contributed by atoms with Gasteiger partial charge in [0.05, 0.1) is 5.68 Å². The summed E-state index contributed by atoms with van der Waals surface area (Å²) in [6, 6.07) is 0. The van der Waals surface area contributed by atoms with Gasteiger partial charge in [0.2, 0.25) is 0 Å². The van der Waals surface area contributed by atoms with Crippen LogP contribution in [0.15, 0.2) is 12.2 Å². The van der Waals surface area contributed by atoms with Crippen molar-refractivity contribution in [1.82, 2.24) is 0 Å². The highest BCUT2D eigenvalue weighted by atomic mass is 16.1. The zero-order valence-electron chi connectivity index (χ0n) is 3.69. The molecule has 0 rings (SSSR count). The molecule has 0 amide bonds. The van der Waals surface area contributed by atoms with Crippen LogP contribution < -0.4 is 0 Å². The third-order valence-corrected chi connectivity index (χ3v) is 0.421. The van der Waals surface area contributed by atoms with Crippen LogP contribution >= 0.6 is 0 Å². The van der Waals surface area contributed by atoms with Gasteiger partial charge in [0.15, 0.2) is 7.85 Å². The summed E-state index contributed by atoms with van der Waals surface area (Å²) >= 11 is 0. The summed E-state index contributed by atoms with van der Waals surface area (Å²) in [6.45, 7) is 4.85. The molecule has 0 saturated carbocycles. The van der Waals surface area contributed by atoms with E-state index in [0.717, 1.165) is 0 Å². The molecule has 6 heavy (non-hydrogen) atoms. The summed E-state index contributed by atoms with van der Waals surface area (Å²) in [5.41, 5.74) is -0.0370. The Morgan fingerprint density at radius 1 is 1.83 bits per heavy atom. The van der Waals surface area contributed by atoms with Gasteiger partial charge in [-0.05, 0) is 12.5 Å². The Morgan fingerprint density at radius 2 is 2.00 bits per heavy atom. The standard InChI is InChI=1S/C4H5BO/c1-3(2)4(5)6/h1H2,2H3. The first-order chi connectivity index (χ1) is 2.64. The van der Waals surface area contributed by atoms with E-state index in [2.05, 4.69) is 6.58 Å². The summed E-state index contributed by atoms with van der Waals surface area (Å²) in [5.74, 6) is 0. The molecule has 0 aromatic heterocycles. The molecule has 0 aromatic rings. The van der Waals surface area contributed by atoms with Crippen LogP contribution in [-0.2, 0) is 4.79 Å². The van der Waals surface area contributed by atoms with Crippen LogP contribution in [0.2, 0.25) is 0 Å². The maximum absolute atomic E-state index is 9.82. The normalized spacial score (nSPS) is 7.50. The van der Waals surface area contributed by atoms with E-state index in [1.807, 2.05) is 0 Å². The minimum atomic E-state index is -0.435. The number of carbonyl (C=O) groups excluding carboxylic acids is 1. The first-order valence-corrected chi connectivity index (χ1v) is 1.60. The van der Waals surface area contributed by atoms with E-state index >= 15 is 0 Å². The number of allylic oxidation sites excluding steroid dienone is 1.